The van der Waals surface area contributed by atoms with Gasteiger partial charge in [-0.05, 0) is 24.6 Å². The Bertz CT molecular complexity index is 415. The normalized spacial score (nSPS) is 22.5. The first-order chi connectivity index (χ1) is 7.83. The molecule has 1 aliphatic heterocycles. The van der Waals surface area contributed by atoms with Crippen molar-refractivity contribution in [2.24, 2.45) is 0 Å². The van der Waals surface area contributed by atoms with Crippen LogP contribution in [0.1, 0.15) is 32.6 Å². The Kier molecular flexibility index (Phi) is 3.07. The van der Waals surface area contributed by atoms with Gasteiger partial charge < -0.3 is 4.90 Å². The van der Waals surface area contributed by atoms with E-state index in [1.165, 1.54) is 12.0 Å². The fourth-order valence-electron chi connectivity index (χ4n) is 2.14. The van der Waals surface area contributed by atoms with Crippen molar-refractivity contribution in [2.75, 3.05) is 6.54 Å². The minimum Gasteiger partial charge on any atom is -0.348 e. The first kappa shape index (κ1) is 10.9. The Morgan fingerprint density at radius 3 is 3.00 bits per heavy atom. The van der Waals surface area contributed by atoms with Gasteiger partial charge in [0.15, 0.2) is 5.54 Å². The SMILES string of the molecule is C#CC/C=C\N1CC/C(=C\CCC)C12C#C2. The number of hydrogen-bond donors (Lipinski definition) is 0. The second-order valence-corrected chi connectivity index (χ2v) is 4.21. The van der Waals surface area contributed by atoms with Crippen molar-refractivity contribution in [1.82, 2.24) is 4.90 Å². The highest BCUT2D eigenvalue weighted by Crippen LogP contribution is 2.40. The molecule has 0 N–H and O–H groups in total. The number of hydrogen-bond acceptors (Lipinski definition) is 1. The summed E-state index contributed by atoms with van der Waals surface area (Å²) in [6.07, 6.45) is 15.9. The van der Waals surface area contributed by atoms with Crippen LogP contribution in [-0.4, -0.2) is 17.0 Å². The van der Waals surface area contributed by atoms with Crippen molar-refractivity contribution in [3.63, 3.8) is 0 Å². The first-order valence-corrected chi connectivity index (χ1v) is 5.94. The molecule has 1 spiro atoms. The van der Waals surface area contributed by atoms with E-state index >= 15 is 0 Å². The standard InChI is InChI=1S/C15H17N/c1-3-5-7-12-16-13-9-14(8-6-4-2)15(16)10-11-15/h1,7-8,12H,4-6,9,13H2,2H3/b12-7-,14-8+. The van der Waals surface area contributed by atoms with E-state index in [9.17, 15) is 0 Å². The Labute approximate surface area is 98.2 Å². The highest BCUT2D eigenvalue weighted by atomic mass is 15.2. The lowest BCUT2D eigenvalue weighted by Crippen LogP contribution is -2.30. The number of unbranched alkanes of at least 4 members (excludes halogenated alkanes) is 1. The van der Waals surface area contributed by atoms with E-state index in [1.807, 2.05) is 6.08 Å². The molecular weight excluding hydrogens is 194 g/mol. The van der Waals surface area contributed by atoms with Crippen LogP contribution in [0.5, 0.6) is 0 Å². The number of terminal acetylenes is 1. The van der Waals surface area contributed by atoms with E-state index in [0.717, 1.165) is 19.4 Å². The molecule has 0 saturated carbocycles. The molecule has 2 rings (SSSR count). The smallest absolute Gasteiger partial charge is 0.185 e. The average Bonchev–Trinajstić information content (AvgIpc) is 3.00. The van der Waals surface area contributed by atoms with Gasteiger partial charge in [-0.3, -0.25) is 0 Å². The third-order valence-corrected chi connectivity index (χ3v) is 3.08. The van der Waals surface area contributed by atoms with E-state index in [2.05, 4.69) is 41.9 Å². The molecule has 1 fully saturated rings. The molecule has 0 bridgehead atoms. The van der Waals surface area contributed by atoms with Crippen molar-refractivity contribution in [2.45, 2.75) is 38.1 Å². The van der Waals surface area contributed by atoms with Crippen LogP contribution < -0.4 is 0 Å². The Balaban J connectivity index is 2.02. The molecular formula is C15H17N. The molecule has 1 heterocycles. The van der Waals surface area contributed by atoms with E-state index in [1.54, 1.807) is 0 Å². The second-order valence-electron chi connectivity index (χ2n) is 4.21. The van der Waals surface area contributed by atoms with E-state index < -0.39 is 0 Å². The summed E-state index contributed by atoms with van der Waals surface area (Å²) in [6, 6.07) is 0. The third kappa shape index (κ3) is 1.86. The number of likely N-dealkylation sites (tertiary alicyclic amines) is 1. The molecule has 0 unspecified atom stereocenters. The summed E-state index contributed by atoms with van der Waals surface area (Å²) in [5.41, 5.74) is 1.37. The molecule has 1 nitrogen and oxygen atoms in total. The van der Waals surface area contributed by atoms with Crippen LogP contribution >= 0.6 is 0 Å². The summed E-state index contributed by atoms with van der Waals surface area (Å²) in [5.74, 6) is 9.12. The largest absolute Gasteiger partial charge is 0.348 e. The van der Waals surface area contributed by atoms with Gasteiger partial charge in [0.05, 0.1) is 0 Å². The second kappa shape index (κ2) is 4.50. The van der Waals surface area contributed by atoms with Crippen LogP contribution in [0.25, 0.3) is 0 Å². The van der Waals surface area contributed by atoms with Crippen LogP contribution in [0.2, 0.25) is 0 Å². The Hall–Kier alpha value is -1.60. The van der Waals surface area contributed by atoms with Gasteiger partial charge in [-0.25, -0.2) is 0 Å². The van der Waals surface area contributed by atoms with Gasteiger partial charge in [0.1, 0.15) is 0 Å². The molecule has 0 aromatic carbocycles. The molecule has 2 aliphatic rings. The van der Waals surface area contributed by atoms with Crippen LogP contribution in [0.3, 0.4) is 0 Å². The maximum atomic E-state index is 5.23. The summed E-state index contributed by atoms with van der Waals surface area (Å²) in [4.78, 5) is 2.28. The zero-order valence-corrected chi connectivity index (χ0v) is 9.79. The van der Waals surface area contributed by atoms with Crippen molar-refractivity contribution < 1.29 is 0 Å². The first-order valence-electron chi connectivity index (χ1n) is 5.94. The number of allylic oxidation sites excluding steroid dienone is 2. The monoisotopic (exact) mass is 211 g/mol. The molecule has 82 valence electrons. The third-order valence-electron chi connectivity index (χ3n) is 3.08. The van der Waals surface area contributed by atoms with Crippen molar-refractivity contribution in [3.8, 4) is 24.2 Å². The molecule has 0 aromatic heterocycles. The highest BCUT2D eigenvalue weighted by molar-refractivity contribution is 5.61. The van der Waals surface area contributed by atoms with Gasteiger partial charge in [0.2, 0.25) is 0 Å². The Morgan fingerprint density at radius 1 is 1.56 bits per heavy atom. The number of nitrogens with zero attached hydrogens (tertiary/aromatic N) is 1. The zero-order chi connectivity index (χ0) is 11.4. The summed E-state index contributed by atoms with van der Waals surface area (Å²) < 4.78 is 0. The quantitative estimate of drug-likeness (QED) is 0.510. The molecule has 16 heavy (non-hydrogen) atoms. The van der Waals surface area contributed by atoms with Crippen LogP contribution in [0.4, 0.5) is 0 Å². The average molecular weight is 211 g/mol. The maximum Gasteiger partial charge on any atom is 0.185 e. The minimum absolute atomic E-state index is 0.0831. The van der Waals surface area contributed by atoms with Crippen LogP contribution in [-0.2, 0) is 0 Å². The van der Waals surface area contributed by atoms with Gasteiger partial charge in [0.25, 0.3) is 0 Å². The van der Waals surface area contributed by atoms with Crippen molar-refractivity contribution >= 4 is 0 Å². The molecule has 0 aromatic rings. The molecule has 1 saturated heterocycles. The molecule has 1 heteroatoms. The van der Waals surface area contributed by atoms with E-state index in [-0.39, 0.29) is 5.54 Å². The van der Waals surface area contributed by atoms with Crippen molar-refractivity contribution in [1.29, 1.82) is 0 Å². The zero-order valence-electron chi connectivity index (χ0n) is 9.79. The minimum atomic E-state index is -0.0831. The summed E-state index contributed by atoms with van der Waals surface area (Å²) in [5, 5.41) is 0. The van der Waals surface area contributed by atoms with Gasteiger partial charge in [-0.2, -0.15) is 0 Å². The topological polar surface area (TPSA) is 3.24 Å². The number of rotatable bonds is 4. The predicted octanol–water partition coefficient (Wildman–Crippen LogP) is 2.71. The van der Waals surface area contributed by atoms with Crippen LogP contribution in [0.15, 0.2) is 23.9 Å². The highest BCUT2D eigenvalue weighted by Gasteiger charge is 2.47. The lowest BCUT2D eigenvalue weighted by atomic mass is 10.0. The summed E-state index contributed by atoms with van der Waals surface area (Å²) in [7, 11) is 0. The fourth-order valence-corrected chi connectivity index (χ4v) is 2.14. The summed E-state index contributed by atoms with van der Waals surface area (Å²) >= 11 is 0. The predicted molar refractivity (Wildman–Crippen MR) is 67.4 cm³/mol. The lowest BCUT2D eigenvalue weighted by Gasteiger charge is -2.21. The summed E-state index contributed by atoms with van der Waals surface area (Å²) in [6.45, 7) is 3.26. The molecule has 0 amide bonds. The van der Waals surface area contributed by atoms with Crippen LogP contribution in [0, 0.1) is 24.2 Å². The van der Waals surface area contributed by atoms with Gasteiger partial charge in [-0.1, -0.05) is 37.3 Å². The molecule has 0 radical (unpaired) electrons. The van der Waals surface area contributed by atoms with Gasteiger partial charge >= 0.3 is 0 Å². The fraction of sp³-hybridized carbons (Fsp3) is 0.467. The Morgan fingerprint density at radius 2 is 2.38 bits per heavy atom. The van der Waals surface area contributed by atoms with E-state index in [0.29, 0.717) is 6.42 Å². The lowest BCUT2D eigenvalue weighted by molar-refractivity contribution is 0.386. The van der Waals surface area contributed by atoms with Gasteiger partial charge in [0, 0.05) is 13.0 Å². The maximum absolute atomic E-state index is 5.23. The molecule has 1 aliphatic carbocycles. The van der Waals surface area contributed by atoms with Gasteiger partial charge in [-0.15, -0.1) is 12.3 Å². The van der Waals surface area contributed by atoms with E-state index in [4.69, 9.17) is 6.42 Å². The molecule has 0 atom stereocenters. The van der Waals surface area contributed by atoms with Crippen molar-refractivity contribution in [3.05, 3.63) is 23.9 Å².